The molecule has 10 nitrogen and oxygen atoms in total. The van der Waals surface area contributed by atoms with Crippen LogP contribution in [0.15, 0.2) is 47.5 Å². The Kier molecular flexibility index (Phi) is 7.36. The SMILES string of the molecule is COCCOc1cc(-c2cnc(OC)c(NS(=O)(=O)c3ccc(F)cc3F)c2)cc2c(C)nc(N)nc12. The molecule has 2 aromatic heterocycles. The number of hydrogen-bond donors (Lipinski definition) is 2. The van der Waals surface area contributed by atoms with Gasteiger partial charge in [0.25, 0.3) is 10.0 Å². The molecule has 0 aliphatic carbocycles. The Morgan fingerprint density at radius 1 is 1.03 bits per heavy atom. The van der Waals surface area contributed by atoms with Crippen molar-refractivity contribution >= 4 is 32.6 Å². The average Bonchev–Trinajstić information content (AvgIpc) is 2.84. The second-order valence-corrected chi connectivity index (χ2v) is 9.49. The molecule has 13 heteroatoms. The Hall–Kier alpha value is -4.10. The fraction of sp³-hybridized carbons (Fsp3) is 0.208. The number of halogens is 2. The van der Waals surface area contributed by atoms with E-state index < -0.39 is 26.6 Å². The number of anilines is 2. The highest BCUT2D eigenvalue weighted by Gasteiger charge is 2.22. The van der Waals surface area contributed by atoms with Gasteiger partial charge in [-0.05, 0) is 42.8 Å². The summed E-state index contributed by atoms with van der Waals surface area (Å²) < 4.78 is 71.7. The zero-order valence-corrected chi connectivity index (χ0v) is 20.9. The quantitative estimate of drug-likeness (QED) is 0.310. The van der Waals surface area contributed by atoms with Gasteiger partial charge in [0.2, 0.25) is 11.8 Å². The standard InChI is InChI=1S/C24H23F2N5O5S/c1-13-17-8-14(10-20(36-7-6-34-2)22(17)30-24(27)29-13)15-9-19(23(35-3)28-12-15)31-37(32,33)21-5-4-16(25)11-18(21)26/h4-5,8-12,31H,6-7H2,1-3H3,(H2,27,29,30). The molecule has 0 atom stereocenters. The molecule has 0 radical (unpaired) electrons. The van der Waals surface area contributed by atoms with Gasteiger partial charge in [-0.25, -0.2) is 32.2 Å². The molecule has 0 saturated heterocycles. The van der Waals surface area contributed by atoms with Crippen molar-refractivity contribution in [2.75, 3.05) is 37.9 Å². The number of hydrogen-bond acceptors (Lipinski definition) is 9. The maximum absolute atomic E-state index is 14.2. The van der Waals surface area contributed by atoms with E-state index >= 15 is 0 Å². The first-order valence-corrected chi connectivity index (χ1v) is 12.3. The molecule has 3 N–H and O–H groups in total. The van der Waals surface area contributed by atoms with Gasteiger partial charge < -0.3 is 19.9 Å². The number of sulfonamides is 1. The van der Waals surface area contributed by atoms with Gasteiger partial charge in [0.05, 0.1) is 19.4 Å². The molecule has 2 heterocycles. The highest BCUT2D eigenvalue weighted by molar-refractivity contribution is 7.92. The number of nitrogens with zero attached hydrogens (tertiary/aromatic N) is 3. The van der Waals surface area contributed by atoms with Crippen molar-refractivity contribution in [3.8, 4) is 22.8 Å². The molecule has 194 valence electrons. The van der Waals surface area contributed by atoms with E-state index in [0.29, 0.717) is 46.1 Å². The Morgan fingerprint density at radius 2 is 1.81 bits per heavy atom. The van der Waals surface area contributed by atoms with Crippen LogP contribution in [0.4, 0.5) is 20.4 Å². The molecule has 0 bridgehead atoms. The third kappa shape index (κ3) is 5.52. The van der Waals surface area contributed by atoms with Crippen molar-refractivity contribution in [2.45, 2.75) is 11.8 Å². The largest absolute Gasteiger partial charge is 0.489 e. The molecule has 0 aliphatic rings. The summed E-state index contributed by atoms with van der Waals surface area (Å²) in [6, 6.07) is 7.12. The van der Waals surface area contributed by atoms with Crippen molar-refractivity contribution in [3.63, 3.8) is 0 Å². The van der Waals surface area contributed by atoms with Crippen molar-refractivity contribution in [3.05, 3.63) is 59.9 Å². The lowest BCUT2D eigenvalue weighted by Crippen LogP contribution is -2.15. The number of fused-ring (bicyclic) bond motifs is 1. The second kappa shape index (κ2) is 10.5. The minimum Gasteiger partial charge on any atom is -0.489 e. The first-order valence-electron chi connectivity index (χ1n) is 10.8. The summed E-state index contributed by atoms with van der Waals surface area (Å²) in [6.45, 7) is 2.35. The van der Waals surface area contributed by atoms with E-state index in [1.54, 1.807) is 26.2 Å². The Labute approximate surface area is 211 Å². The number of aryl methyl sites for hydroxylation is 1. The van der Waals surface area contributed by atoms with Crippen molar-refractivity contribution < 1.29 is 31.4 Å². The number of rotatable bonds is 9. The second-order valence-electron chi connectivity index (χ2n) is 7.84. The number of nitrogens with two attached hydrogens (primary N) is 1. The maximum atomic E-state index is 14.2. The third-order valence-corrected chi connectivity index (χ3v) is 6.72. The lowest BCUT2D eigenvalue weighted by molar-refractivity contribution is 0.147. The fourth-order valence-corrected chi connectivity index (χ4v) is 4.73. The zero-order chi connectivity index (χ0) is 26.7. The van der Waals surface area contributed by atoms with Crippen LogP contribution >= 0.6 is 0 Å². The van der Waals surface area contributed by atoms with Crippen molar-refractivity contribution in [2.24, 2.45) is 0 Å². The molecular weight excluding hydrogens is 508 g/mol. The van der Waals surface area contributed by atoms with Crippen LogP contribution in [0.3, 0.4) is 0 Å². The molecule has 0 spiro atoms. The summed E-state index contributed by atoms with van der Waals surface area (Å²) in [7, 11) is -1.59. The van der Waals surface area contributed by atoms with E-state index in [9.17, 15) is 17.2 Å². The molecular formula is C24H23F2N5O5S. The van der Waals surface area contributed by atoms with E-state index in [1.807, 2.05) is 0 Å². The predicted molar refractivity (Wildman–Crippen MR) is 133 cm³/mol. The third-order valence-electron chi connectivity index (χ3n) is 5.32. The zero-order valence-electron chi connectivity index (χ0n) is 20.1. The van der Waals surface area contributed by atoms with Crippen LogP contribution in [0.1, 0.15) is 5.69 Å². The number of aromatic nitrogens is 3. The molecule has 0 fully saturated rings. The van der Waals surface area contributed by atoms with Crippen molar-refractivity contribution in [1.29, 1.82) is 0 Å². The van der Waals surface area contributed by atoms with E-state index in [4.69, 9.17) is 19.9 Å². The number of ether oxygens (including phenoxy) is 3. The number of nitrogen functional groups attached to an aromatic ring is 1. The van der Waals surface area contributed by atoms with Gasteiger partial charge in [-0.15, -0.1) is 0 Å². The highest BCUT2D eigenvalue weighted by Crippen LogP contribution is 2.36. The smallest absolute Gasteiger partial charge is 0.264 e. The van der Waals surface area contributed by atoms with Gasteiger partial charge in [-0.1, -0.05) is 0 Å². The lowest BCUT2D eigenvalue weighted by Gasteiger charge is -2.15. The lowest BCUT2D eigenvalue weighted by atomic mass is 10.0. The number of nitrogens with one attached hydrogen (secondary N) is 1. The van der Waals surface area contributed by atoms with Crippen LogP contribution in [0.5, 0.6) is 11.6 Å². The highest BCUT2D eigenvalue weighted by atomic mass is 32.2. The van der Waals surface area contributed by atoms with E-state index in [1.165, 1.54) is 19.4 Å². The molecule has 0 amide bonds. The van der Waals surface area contributed by atoms with Crippen LogP contribution in [0.2, 0.25) is 0 Å². The van der Waals surface area contributed by atoms with E-state index in [0.717, 1.165) is 12.1 Å². The summed E-state index contributed by atoms with van der Waals surface area (Å²) >= 11 is 0. The Balaban J connectivity index is 1.81. The molecule has 37 heavy (non-hydrogen) atoms. The summed E-state index contributed by atoms with van der Waals surface area (Å²) in [5.41, 5.74) is 7.96. The van der Waals surface area contributed by atoms with E-state index in [-0.39, 0.29) is 24.1 Å². The fourth-order valence-electron chi connectivity index (χ4n) is 3.62. The maximum Gasteiger partial charge on any atom is 0.264 e. The van der Waals surface area contributed by atoms with Crippen LogP contribution < -0.4 is 19.9 Å². The van der Waals surface area contributed by atoms with Gasteiger partial charge in [-0.2, -0.15) is 0 Å². The molecule has 4 rings (SSSR count). The topological polar surface area (TPSA) is 139 Å². The molecule has 4 aromatic rings. The molecule has 2 aromatic carbocycles. The molecule has 0 aliphatic heterocycles. The van der Waals surface area contributed by atoms with Gasteiger partial charge >= 0.3 is 0 Å². The summed E-state index contributed by atoms with van der Waals surface area (Å²) in [6.07, 6.45) is 1.47. The van der Waals surface area contributed by atoms with Crippen molar-refractivity contribution in [1.82, 2.24) is 15.0 Å². The van der Waals surface area contributed by atoms with Gasteiger partial charge in [0.1, 0.15) is 40.1 Å². The summed E-state index contributed by atoms with van der Waals surface area (Å²) in [4.78, 5) is 12.0. The Bertz CT molecular complexity index is 1580. The average molecular weight is 532 g/mol. The summed E-state index contributed by atoms with van der Waals surface area (Å²) in [5, 5.41) is 0.658. The number of methoxy groups -OCH3 is 2. The van der Waals surface area contributed by atoms with Crippen LogP contribution in [0.25, 0.3) is 22.0 Å². The number of benzene rings is 2. The first kappa shape index (κ1) is 26.0. The van der Waals surface area contributed by atoms with E-state index in [2.05, 4.69) is 19.7 Å². The van der Waals surface area contributed by atoms with Crippen LogP contribution in [-0.2, 0) is 14.8 Å². The van der Waals surface area contributed by atoms with Crippen LogP contribution in [-0.4, -0.2) is 50.8 Å². The molecule has 0 saturated carbocycles. The van der Waals surface area contributed by atoms with Gasteiger partial charge in [0.15, 0.2) is 0 Å². The minimum atomic E-state index is -4.45. The van der Waals surface area contributed by atoms with Gasteiger partial charge in [0, 0.05) is 30.3 Å². The Morgan fingerprint density at radius 3 is 2.51 bits per heavy atom. The van der Waals surface area contributed by atoms with Gasteiger partial charge in [-0.3, -0.25) is 4.72 Å². The normalized spacial score (nSPS) is 11.5. The summed E-state index contributed by atoms with van der Waals surface area (Å²) in [5.74, 6) is -1.70. The monoisotopic (exact) mass is 531 g/mol. The minimum absolute atomic E-state index is 0.0560. The predicted octanol–water partition coefficient (Wildman–Crippen LogP) is 3.70. The first-order chi connectivity index (χ1) is 17.6. The molecule has 0 unspecified atom stereocenters. The van der Waals surface area contributed by atoms with Crippen LogP contribution in [0, 0.1) is 18.6 Å². The number of pyridine rings is 1.